The van der Waals surface area contributed by atoms with Crippen molar-refractivity contribution in [2.45, 2.75) is 30.6 Å². The summed E-state index contributed by atoms with van der Waals surface area (Å²) in [4.78, 5) is 36.8. The van der Waals surface area contributed by atoms with Gasteiger partial charge in [0.2, 0.25) is 10.0 Å². The van der Waals surface area contributed by atoms with Gasteiger partial charge in [0.25, 0.3) is 5.91 Å². The Morgan fingerprint density at radius 2 is 1.80 bits per heavy atom. The fourth-order valence-electron chi connectivity index (χ4n) is 3.50. The van der Waals surface area contributed by atoms with E-state index >= 15 is 0 Å². The molecule has 11 heteroatoms. The minimum absolute atomic E-state index is 0.0115. The number of sulfonamides is 1. The number of benzene rings is 2. The maximum absolute atomic E-state index is 12.5. The van der Waals surface area contributed by atoms with Crippen molar-refractivity contribution in [3.63, 3.8) is 0 Å². The van der Waals surface area contributed by atoms with Gasteiger partial charge in [-0.15, -0.1) is 11.3 Å². The molecule has 4 rings (SSSR count). The molecule has 9 nitrogen and oxygen atoms in total. The van der Waals surface area contributed by atoms with E-state index in [-0.39, 0.29) is 17.4 Å². The van der Waals surface area contributed by atoms with E-state index in [4.69, 9.17) is 9.47 Å². The number of carbonyl (C=O) groups excluding carboxylic acids is 3. The van der Waals surface area contributed by atoms with E-state index in [9.17, 15) is 22.8 Å². The zero-order chi connectivity index (χ0) is 25.0. The van der Waals surface area contributed by atoms with Crippen molar-refractivity contribution in [2.24, 2.45) is 0 Å². The van der Waals surface area contributed by atoms with Crippen LogP contribution in [0.25, 0.3) is 10.8 Å². The van der Waals surface area contributed by atoms with E-state index < -0.39 is 41.0 Å². The fourth-order valence-corrected chi connectivity index (χ4v) is 5.55. The van der Waals surface area contributed by atoms with Gasteiger partial charge in [-0.3, -0.25) is 9.59 Å². The molecule has 0 radical (unpaired) electrons. The van der Waals surface area contributed by atoms with Crippen LogP contribution in [0.3, 0.4) is 0 Å². The minimum atomic E-state index is -3.96. The van der Waals surface area contributed by atoms with Crippen LogP contribution in [0.5, 0.6) is 0 Å². The third kappa shape index (κ3) is 6.05. The molecule has 0 aliphatic heterocycles. The van der Waals surface area contributed by atoms with Crippen molar-refractivity contribution in [2.75, 3.05) is 25.1 Å². The lowest BCUT2D eigenvalue weighted by atomic mass is 10.1. The van der Waals surface area contributed by atoms with Gasteiger partial charge in [0.1, 0.15) is 11.5 Å². The average Bonchev–Trinajstić information content (AvgIpc) is 3.61. The van der Waals surface area contributed by atoms with Crippen LogP contribution in [0, 0.1) is 0 Å². The second-order valence-electron chi connectivity index (χ2n) is 7.93. The number of amides is 1. The van der Waals surface area contributed by atoms with Crippen LogP contribution in [0.4, 0.5) is 5.00 Å². The van der Waals surface area contributed by atoms with E-state index in [1.165, 1.54) is 23.5 Å². The molecule has 1 amide bonds. The summed E-state index contributed by atoms with van der Waals surface area (Å²) in [5, 5.41) is 6.38. The first kappa shape index (κ1) is 24.8. The van der Waals surface area contributed by atoms with Crippen molar-refractivity contribution in [3.05, 3.63) is 59.0 Å². The SMILES string of the molecule is CCOC(=O)c1c(C2CC2)csc1NC(=O)COC(=O)CNS(=O)(=O)c1ccc2ccccc2c1. The molecule has 184 valence electrons. The minimum Gasteiger partial charge on any atom is -0.462 e. The molecule has 1 aliphatic carbocycles. The number of fused-ring (bicyclic) bond motifs is 1. The summed E-state index contributed by atoms with van der Waals surface area (Å²) in [6.07, 6.45) is 1.95. The highest BCUT2D eigenvalue weighted by atomic mass is 32.2. The van der Waals surface area contributed by atoms with E-state index in [1.54, 1.807) is 25.1 Å². The Kier molecular flexibility index (Phi) is 7.48. The average molecular weight is 517 g/mol. The number of anilines is 1. The molecule has 35 heavy (non-hydrogen) atoms. The van der Waals surface area contributed by atoms with Crippen LogP contribution < -0.4 is 10.0 Å². The van der Waals surface area contributed by atoms with Crippen molar-refractivity contribution in [3.8, 4) is 0 Å². The topological polar surface area (TPSA) is 128 Å². The van der Waals surface area contributed by atoms with Gasteiger partial charge < -0.3 is 14.8 Å². The number of hydrogen-bond donors (Lipinski definition) is 2. The van der Waals surface area contributed by atoms with Gasteiger partial charge >= 0.3 is 11.9 Å². The highest BCUT2D eigenvalue weighted by Gasteiger charge is 2.32. The number of carbonyl (C=O) groups is 3. The predicted molar refractivity (Wildman–Crippen MR) is 131 cm³/mol. The highest BCUT2D eigenvalue weighted by Crippen LogP contribution is 2.46. The van der Waals surface area contributed by atoms with Crippen LogP contribution in [0.2, 0.25) is 0 Å². The predicted octanol–water partition coefficient (Wildman–Crippen LogP) is 3.42. The third-order valence-electron chi connectivity index (χ3n) is 5.37. The summed E-state index contributed by atoms with van der Waals surface area (Å²) >= 11 is 1.21. The smallest absolute Gasteiger partial charge is 0.341 e. The first-order chi connectivity index (χ1) is 16.8. The van der Waals surface area contributed by atoms with Crippen LogP contribution in [-0.4, -0.2) is 46.0 Å². The molecular weight excluding hydrogens is 492 g/mol. The Balaban J connectivity index is 1.31. The molecular formula is C24H24N2O7S2. The lowest BCUT2D eigenvalue weighted by Crippen LogP contribution is -2.32. The second-order valence-corrected chi connectivity index (χ2v) is 10.6. The van der Waals surface area contributed by atoms with Crippen molar-refractivity contribution >= 4 is 55.0 Å². The molecule has 1 saturated carbocycles. The summed E-state index contributed by atoms with van der Waals surface area (Å²) in [7, 11) is -3.96. The molecule has 0 atom stereocenters. The Labute approximate surface area is 206 Å². The molecule has 1 aromatic heterocycles. The Bertz CT molecular complexity index is 1380. The maximum atomic E-state index is 12.5. The molecule has 3 aromatic rings. The van der Waals surface area contributed by atoms with E-state index in [0.717, 1.165) is 29.2 Å². The van der Waals surface area contributed by atoms with Crippen LogP contribution in [0.15, 0.2) is 52.7 Å². The van der Waals surface area contributed by atoms with Gasteiger partial charge in [-0.2, -0.15) is 4.72 Å². The summed E-state index contributed by atoms with van der Waals surface area (Å²) in [6.45, 7) is 0.642. The lowest BCUT2D eigenvalue weighted by Gasteiger charge is -2.10. The van der Waals surface area contributed by atoms with Crippen LogP contribution >= 0.6 is 11.3 Å². The number of nitrogens with one attached hydrogen (secondary N) is 2. The van der Waals surface area contributed by atoms with Crippen LogP contribution in [-0.2, 0) is 29.1 Å². The molecule has 1 aliphatic rings. The molecule has 0 bridgehead atoms. The largest absolute Gasteiger partial charge is 0.462 e. The highest BCUT2D eigenvalue weighted by molar-refractivity contribution is 7.89. The number of rotatable bonds is 10. The molecule has 0 saturated heterocycles. The van der Waals surface area contributed by atoms with Gasteiger partial charge in [-0.1, -0.05) is 30.3 Å². The Morgan fingerprint density at radius 3 is 2.51 bits per heavy atom. The van der Waals surface area contributed by atoms with Gasteiger partial charge in [0.15, 0.2) is 6.61 Å². The zero-order valence-corrected chi connectivity index (χ0v) is 20.5. The number of ether oxygens (including phenoxy) is 2. The molecule has 2 N–H and O–H groups in total. The molecule has 0 spiro atoms. The van der Waals surface area contributed by atoms with E-state index in [2.05, 4.69) is 10.0 Å². The fraction of sp³-hybridized carbons (Fsp3) is 0.292. The lowest BCUT2D eigenvalue weighted by molar-refractivity contribution is -0.146. The third-order valence-corrected chi connectivity index (χ3v) is 7.68. The van der Waals surface area contributed by atoms with Gasteiger partial charge in [0, 0.05) is 0 Å². The van der Waals surface area contributed by atoms with Crippen molar-refractivity contribution < 1.29 is 32.3 Å². The van der Waals surface area contributed by atoms with Crippen molar-refractivity contribution in [1.82, 2.24) is 4.72 Å². The van der Waals surface area contributed by atoms with Gasteiger partial charge in [-0.25, -0.2) is 13.2 Å². The van der Waals surface area contributed by atoms with Crippen molar-refractivity contribution in [1.29, 1.82) is 0 Å². The quantitative estimate of drug-likeness (QED) is 0.395. The summed E-state index contributed by atoms with van der Waals surface area (Å²) in [6, 6.07) is 11.9. The number of thiophene rings is 1. The monoisotopic (exact) mass is 516 g/mol. The second kappa shape index (κ2) is 10.5. The standard InChI is InChI=1S/C24H24N2O7S2/c1-2-32-24(29)22-19(16-7-8-16)14-34-23(22)26-20(27)13-33-21(28)12-25-35(30,31)18-10-9-15-5-3-4-6-17(15)11-18/h3-6,9-11,14,16,25H,2,7-8,12-13H2,1H3,(H,26,27). The number of esters is 2. The molecule has 0 unspecified atom stereocenters. The van der Waals surface area contributed by atoms with E-state index in [1.807, 2.05) is 17.5 Å². The van der Waals surface area contributed by atoms with Gasteiger partial charge in [0.05, 0.1) is 17.1 Å². The molecule has 1 heterocycles. The summed E-state index contributed by atoms with van der Waals surface area (Å²) in [5.74, 6) is -1.79. The Morgan fingerprint density at radius 1 is 1.06 bits per heavy atom. The molecule has 1 fully saturated rings. The maximum Gasteiger partial charge on any atom is 0.341 e. The first-order valence-corrected chi connectivity index (χ1v) is 13.4. The molecule has 2 aromatic carbocycles. The van der Waals surface area contributed by atoms with E-state index in [0.29, 0.717) is 10.6 Å². The normalized spacial score (nSPS) is 13.4. The first-order valence-electron chi connectivity index (χ1n) is 11.0. The Hall–Kier alpha value is -3.28. The summed E-state index contributed by atoms with van der Waals surface area (Å²) in [5.41, 5.74) is 1.19. The number of hydrogen-bond acceptors (Lipinski definition) is 8. The zero-order valence-electron chi connectivity index (χ0n) is 18.9. The van der Waals surface area contributed by atoms with Gasteiger partial charge in [-0.05, 0) is 59.5 Å². The van der Waals surface area contributed by atoms with Crippen LogP contribution in [0.1, 0.15) is 41.6 Å². The summed E-state index contributed by atoms with van der Waals surface area (Å²) < 4.78 is 37.3.